The molecule has 0 aromatic heterocycles. The Morgan fingerprint density at radius 3 is 2.75 bits per heavy atom. The second-order valence-corrected chi connectivity index (χ2v) is 5.04. The van der Waals surface area contributed by atoms with Crippen molar-refractivity contribution in [3.05, 3.63) is 34.3 Å². The molecule has 0 unspecified atom stereocenters. The number of nitrogens with one attached hydrogen (secondary N) is 1. The van der Waals surface area contributed by atoms with Crippen molar-refractivity contribution >= 4 is 21.8 Å². The van der Waals surface area contributed by atoms with E-state index in [2.05, 4.69) is 21.4 Å². The third-order valence-corrected chi connectivity index (χ3v) is 3.60. The zero-order valence-electron chi connectivity index (χ0n) is 8.61. The van der Waals surface area contributed by atoms with Gasteiger partial charge < -0.3 is 5.11 Å². The normalized spacial score (nSPS) is 28.3. The van der Waals surface area contributed by atoms with Crippen LogP contribution in [0, 0.1) is 0 Å². The molecule has 0 radical (unpaired) electrons. The number of carbonyl (C=O) groups excluding carboxylic acids is 1. The Balaban J connectivity index is 2.37. The molecule has 4 nitrogen and oxygen atoms in total. The largest absolute Gasteiger partial charge is 0.393 e. The molecular formula is C11H13BrN2O2. The quantitative estimate of drug-likeness (QED) is 0.428. The number of rotatable bonds is 2. The summed E-state index contributed by atoms with van der Waals surface area (Å²) in [5.41, 5.74) is 2.40. The van der Waals surface area contributed by atoms with E-state index in [1.54, 1.807) is 0 Å². The number of amides is 1. The molecule has 4 N–H and O–H groups in total. The van der Waals surface area contributed by atoms with E-state index >= 15 is 0 Å². The summed E-state index contributed by atoms with van der Waals surface area (Å²) in [6.07, 6.45) is 0.426. The van der Waals surface area contributed by atoms with Gasteiger partial charge in [-0.25, -0.2) is 5.84 Å². The van der Waals surface area contributed by atoms with Crippen LogP contribution in [0.1, 0.15) is 18.4 Å². The van der Waals surface area contributed by atoms with Crippen LogP contribution in [0.3, 0.4) is 0 Å². The van der Waals surface area contributed by atoms with E-state index in [1.165, 1.54) is 0 Å². The first-order chi connectivity index (χ1) is 7.58. The molecule has 1 aromatic rings. The van der Waals surface area contributed by atoms with Crippen LogP contribution in [0.25, 0.3) is 0 Å². The highest BCUT2D eigenvalue weighted by molar-refractivity contribution is 9.10. The summed E-state index contributed by atoms with van der Waals surface area (Å²) in [5.74, 6) is 4.96. The lowest BCUT2D eigenvalue weighted by molar-refractivity contribution is -0.135. The maximum absolute atomic E-state index is 11.8. The number of hydrazine groups is 1. The third-order valence-electron chi connectivity index (χ3n) is 3.11. The van der Waals surface area contributed by atoms with E-state index in [4.69, 9.17) is 5.84 Å². The number of halogens is 1. The Labute approximate surface area is 102 Å². The average molecular weight is 285 g/mol. The van der Waals surface area contributed by atoms with Gasteiger partial charge in [0.05, 0.1) is 11.5 Å². The van der Waals surface area contributed by atoms with Crippen LogP contribution in [-0.2, 0) is 10.2 Å². The van der Waals surface area contributed by atoms with Gasteiger partial charge in [-0.1, -0.05) is 28.1 Å². The summed E-state index contributed by atoms with van der Waals surface area (Å²) in [6.45, 7) is 0. The molecule has 1 fully saturated rings. The zero-order chi connectivity index (χ0) is 11.8. The predicted molar refractivity (Wildman–Crippen MR) is 63.4 cm³/mol. The van der Waals surface area contributed by atoms with Crippen molar-refractivity contribution in [2.24, 2.45) is 5.84 Å². The van der Waals surface area contributed by atoms with E-state index in [9.17, 15) is 9.90 Å². The van der Waals surface area contributed by atoms with E-state index in [0.717, 1.165) is 10.0 Å². The molecule has 0 spiro atoms. The number of hydrogen-bond acceptors (Lipinski definition) is 3. The molecule has 1 aromatic carbocycles. The number of aliphatic hydroxyl groups excluding tert-OH is 1. The average Bonchev–Trinajstić information content (AvgIpc) is 2.23. The van der Waals surface area contributed by atoms with Gasteiger partial charge in [-0.2, -0.15) is 0 Å². The first-order valence-corrected chi connectivity index (χ1v) is 5.83. The molecule has 0 saturated heterocycles. The Morgan fingerprint density at radius 2 is 2.25 bits per heavy atom. The smallest absolute Gasteiger partial charge is 0.244 e. The second kappa shape index (κ2) is 4.16. The lowest BCUT2D eigenvalue weighted by Crippen LogP contribution is -2.56. The van der Waals surface area contributed by atoms with Crippen LogP contribution in [0.15, 0.2) is 28.7 Å². The van der Waals surface area contributed by atoms with Crippen molar-refractivity contribution < 1.29 is 9.90 Å². The zero-order valence-corrected chi connectivity index (χ0v) is 10.2. The fourth-order valence-electron chi connectivity index (χ4n) is 2.22. The molecule has 86 valence electrons. The van der Waals surface area contributed by atoms with Gasteiger partial charge in [0.15, 0.2) is 0 Å². The van der Waals surface area contributed by atoms with Crippen molar-refractivity contribution in [1.29, 1.82) is 0 Å². The van der Waals surface area contributed by atoms with Crippen LogP contribution >= 0.6 is 15.9 Å². The van der Waals surface area contributed by atoms with Crippen molar-refractivity contribution in [3.8, 4) is 0 Å². The molecule has 1 saturated carbocycles. The second-order valence-electron chi connectivity index (χ2n) is 4.13. The van der Waals surface area contributed by atoms with Gasteiger partial charge >= 0.3 is 0 Å². The van der Waals surface area contributed by atoms with E-state index in [1.807, 2.05) is 24.3 Å². The van der Waals surface area contributed by atoms with Crippen LogP contribution < -0.4 is 11.3 Å². The van der Waals surface area contributed by atoms with E-state index in [0.29, 0.717) is 12.8 Å². The monoisotopic (exact) mass is 284 g/mol. The van der Waals surface area contributed by atoms with Gasteiger partial charge in [0, 0.05) is 4.47 Å². The van der Waals surface area contributed by atoms with E-state index < -0.39 is 11.5 Å². The number of carbonyl (C=O) groups is 1. The SMILES string of the molecule is NNC(=O)C1(c2cccc(Br)c2)CC(O)C1. The number of hydrogen-bond donors (Lipinski definition) is 3. The van der Waals surface area contributed by atoms with Crippen molar-refractivity contribution in [1.82, 2.24) is 5.43 Å². The highest BCUT2D eigenvalue weighted by Crippen LogP contribution is 2.44. The molecule has 0 heterocycles. The first kappa shape index (κ1) is 11.6. The van der Waals surface area contributed by atoms with Crippen molar-refractivity contribution in [2.75, 3.05) is 0 Å². The Kier molecular flexibility index (Phi) is 3.01. The van der Waals surface area contributed by atoms with Gasteiger partial charge in [0.1, 0.15) is 0 Å². The summed E-state index contributed by atoms with van der Waals surface area (Å²) >= 11 is 3.37. The van der Waals surface area contributed by atoms with Crippen LogP contribution in [0.2, 0.25) is 0 Å². The summed E-state index contributed by atoms with van der Waals surface area (Å²) in [7, 11) is 0. The maximum atomic E-state index is 11.8. The third kappa shape index (κ3) is 1.75. The Bertz CT molecular complexity index is 416. The minimum Gasteiger partial charge on any atom is -0.393 e. The molecule has 1 aliphatic rings. The summed E-state index contributed by atoms with van der Waals surface area (Å²) in [4.78, 5) is 11.8. The van der Waals surface area contributed by atoms with Crippen LogP contribution in [0.5, 0.6) is 0 Å². The van der Waals surface area contributed by atoms with Crippen molar-refractivity contribution in [3.63, 3.8) is 0 Å². The molecule has 1 amide bonds. The molecule has 0 atom stereocenters. The molecule has 5 heteroatoms. The van der Waals surface area contributed by atoms with Gasteiger partial charge in [0.25, 0.3) is 0 Å². The summed E-state index contributed by atoms with van der Waals surface area (Å²) < 4.78 is 0.913. The van der Waals surface area contributed by atoms with Crippen molar-refractivity contribution in [2.45, 2.75) is 24.4 Å². The molecular weight excluding hydrogens is 272 g/mol. The first-order valence-electron chi connectivity index (χ1n) is 5.03. The summed E-state index contributed by atoms with van der Waals surface area (Å²) in [6, 6.07) is 7.54. The minimum absolute atomic E-state index is 0.240. The van der Waals surface area contributed by atoms with Crippen LogP contribution in [-0.4, -0.2) is 17.1 Å². The van der Waals surface area contributed by atoms with Gasteiger partial charge in [-0.05, 0) is 30.5 Å². The number of aliphatic hydroxyl groups is 1. The minimum atomic E-state index is -0.669. The molecule has 0 bridgehead atoms. The molecule has 2 rings (SSSR count). The Hall–Kier alpha value is -0.910. The maximum Gasteiger partial charge on any atom is 0.244 e. The summed E-state index contributed by atoms with van der Waals surface area (Å²) in [5, 5.41) is 9.43. The lowest BCUT2D eigenvalue weighted by Gasteiger charge is -2.43. The molecule has 1 aliphatic carbocycles. The molecule has 0 aliphatic heterocycles. The highest BCUT2D eigenvalue weighted by Gasteiger charge is 2.50. The standard InChI is InChI=1S/C11H13BrN2O2/c12-8-3-1-2-7(4-8)11(10(16)14-13)5-9(15)6-11/h1-4,9,15H,5-6,13H2,(H,14,16). The Morgan fingerprint density at radius 1 is 1.56 bits per heavy atom. The lowest BCUT2D eigenvalue weighted by atomic mass is 9.62. The number of benzene rings is 1. The topological polar surface area (TPSA) is 75.3 Å². The van der Waals surface area contributed by atoms with Gasteiger partial charge in [-0.15, -0.1) is 0 Å². The number of nitrogens with two attached hydrogens (primary N) is 1. The van der Waals surface area contributed by atoms with Gasteiger partial charge in [0.2, 0.25) is 5.91 Å². The molecule has 16 heavy (non-hydrogen) atoms. The predicted octanol–water partition coefficient (Wildman–Crippen LogP) is 0.832. The van der Waals surface area contributed by atoms with Gasteiger partial charge in [-0.3, -0.25) is 10.2 Å². The highest BCUT2D eigenvalue weighted by atomic mass is 79.9. The fraction of sp³-hybridized carbons (Fsp3) is 0.364. The van der Waals surface area contributed by atoms with E-state index in [-0.39, 0.29) is 5.91 Å². The fourth-order valence-corrected chi connectivity index (χ4v) is 2.62. The van der Waals surface area contributed by atoms with Crippen LogP contribution in [0.4, 0.5) is 0 Å².